The Labute approximate surface area is 203 Å². The average molecular weight is 489 g/mol. The molecule has 0 spiro atoms. The van der Waals surface area contributed by atoms with Gasteiger partial charge in [-0.05, 0) is 75.0 Å². The number of amides is 2. The smallest absolute Gasteiger partial charge is 0.338 e. The SMILES string of the molecule is CCOC(=O)C1=C(COC(=O)C23C[C@@H]4C[C@@H](CC(O)(C4)C2)C3)NC(=O)N[C@H]1c1ccc(Cl)cc1. The maximum atomic E-state index is 13.3. The van der Waals surface area contributed by atoms with Crippen LogP contribution in [0.2, 0.25) is 5.02 Å². The zero-order valence-electron chi connectivity index (χ0n) is 19.1. The van der Waals surface area contributed by atoms with E-state index in [-0.39, 0.29) is 30.5 Å². The van der Waals surface area contributed by atoms with E-state index in [2.05, 4.69) is 10.6 Å². The molecule has 4 saturated carbocycles. The predicted octanol–water partition coefficient (Wildman–Crippen LogP) is 3.39. The van der Waals surface area contributed by atoms with Gasteiger partial charge in [-0.2, -0.15) is 0 Å². The number of carbonyl (C=O) groups excluding carboxylic acids is 3. The molecule has 0 saturated heterocycles. The number of carbonyl (C=O) groups is 3. The number of halogens is 1. The molecule has 3 N–H and O–H groups in total. The Morgan fingerprint density at radius 2 is 1.79 bits per heavy atom. The maximum Gasteiger partial charge on any atom is 0.338 e. The Morgan fingerprint density at radius 1 is 1.12 bits per heavy atom. The summed E-state index contributed by atoms with van der Waals surface area (Å²) >= 11 is 6.00. The zero-order chi connectivity index (χ0) is 24.1. The van der Waals surface area contributed by atoms with E-state index in [1.807, 2.05) is 0 Å². The standard InChI is InChI=1S/C25H29ClN2O6/c1-2-33-21(29)19-18(27-23(31)28-20(19)16-3-5-17(26)6-4-16)12-34-22(30)24-8-14-7-15(9-24)11-25(32,10-14)13-24/h3-6,14-15,20,32H,2,7-13H2,1H3,(H2,27,28,31)/t14-,15+,20-,24?,25?/m0/s1. The minimum atomic E-state index is -0.791. The highest BCUT2D eigenvalue weighted by Crippen LogP contribution is 2.62. The Morgan fingerprint density at radius 3 is 2.41 bits per heavy atom. The van der Waals surface area contributed by atoms with Gasteiger partial charge < -0.3 is 25.2 Å². The molecule has 182 valence electrons. The lowest BCUT2D eigenvalue weighted by Gasteiger charge is -2.58. The minimum Gasteiger partial charge on any atom is -0.463 e. The fourth-order valence-electron chi connectivity index (χ4n) is 6.83. The van der Waals surface area contributed by atoms with E-state index in [1.165, 1.54) is 0 Å². The quantitative estimate of drug-likeness (QED) is 0.529. The fourth-order valence-corrected chi connectivity index (χ4v) is 6.96. The number of esters is 2. The van der Waals surface area contributed by atoms with Crippen LogP contribution in [0.5, 0.6) is 0 Å². The number of nitrogens with one attached hydrogen (secondary N) is 2. The molecule has 6 rings (SSSR count). The predicted molar refractivity (Wildman–Crippen MR) is 123 cm³/mol. The van der Waals surface area contributed by atoms with Gasteiger partial charge in [-0.15, -0.1) is 0 Å². The monoisotopic (exact) mass is 488 g/mol. The van der Waals surface area contributed by atoms with Gasteiger partial charge >= 0.3 is 18.0 Å². The molecule has 1 heterocycles. The number of rotatable bonds is 6. The van der Waals surface area contributed by atoms with Gasteiger partial charge in [0.1, 0.15) is 6.61 Å². The van der Waals surface area contributed by atoms with Crippen molar-refractivity contribution in [1.29, 1.82) is 0 Å². The first-order valence-corrected chi connectivity index (χ1v) is 12.2. The molecule has 9 heteroatoms. The molecule has 34 heavy (non-hydrogen) atoms. The third-order valence-corrected chi connectivity index (χ3v) is 7.92. The molecule has 1 aromatic rings. The van der Waals surface area contributed by atoms with E-state index in [1.54, 1.807) is 31.2 Å². The van der Waals surface area contributed by atoms with Crippen LogP contribution in [0.4, 0.5) is 4.79 Å². The molecule has 8 nitrogen and oxygen atoms in total. The summed E-state index contributed by atoms with van der Waals surface area (Å²) in [4.78, 5) is 38.7. The van der Waals surface area contributed by atoms with E-state index in [0.29, 0.717) is 28.8 Å². The molecule has 4 fully saturated rings. The Kier molecular flexibility index (Phi) is 5.84. The lowest BCUT2D eigenvalue weighted by molar-refractivity contribution is -0.195. The summed E-state index contributed by atoms with van der Waals surface area (Å²) < 4.78 is 11.0. The Bertz CT molecular complexity index is 1040. The minimum absolute atomic E-state index is 0.154. The second-order valence-electron chi connectivity index (χ2n) is 10.2. The van der Waals surface area contributed by atoms with Gasteiger partial charge in [-0.1, -0.05) is 23.7 Å². The molecule has 4 bridgehead atoms. The lowest BCUT2D eigenvalue weighted by Crippen LogP contribution is -2.58. The van der Waals surface area contributed by atoms with Gasteiger partial charge in [0.25, 0.3) is 0 Å². The molecule has 5 atom stereocenters. The van der Waals surface area contributed by atoms with Crippen molar-refractivity contribution in [3.05, 3.63) is 46.1 Å². The normalized spacial score (nSPS) is 33.9. The van der Waals surface area contributed by atoms with E-state index in [9.17, 15) is 19.5 Å². The van der Waals surface area contributed by atoms with Gasteiger partial charge in [0.05, 0.1) is 34.9 Å². The van der Waals surface area contributed by atoms with Crippen molar-refractivity contribution in [2.24, 2.45) is 17.3 Å². The van der Waals surface area contributed by atoms with Crippen LogP contribution in [-0.4, -0.2) is 41.9 Å². The molecule has 2 unspecified atom stereocenters. The van der Waals surface area contributed by atoms with Crippen molar-refractivity contribution in [3.63, 3.8) is 0 Å². The molecule has 2 amide bonds. The van der Waals surface area contributed by atoms with E-state index < -0.39 is 29.1 Å². The van der Waals surface area contributed by atoms with E-state index >= 15 is 0 Å². The van der Waals surface area contributed by atoms with Crippen LogP contribution in [0, 0.1) is 17.3 Å². The van der Waals surface area contributed by atoms with Crippen LogP contribution in [0.1, 0.15) is 57.1 Å². The highest BCUT2D eigenvalue weighted by atomic mass is 35.5. The van der Waals surface area contributed by atoms with Gasteiger partial charge in [-0.3, -0.25) is 4.79 Å². The van der Waals surface area contributed by atoms with Crippen molar-refractivity contribution >= 4 is 29.6 Å². The molecular weight excluding hydrogens is 460 g/mol. The largest absolute Gasteiger partial charge is 0.463 e. The third kappa shape index (κ3) is 4.18. The summed E-state index contributed by atoms with van der Waals surface area (Å²) in [6.45, 7) is 1.59. The fraction of sp³-hybridized carbons (Fsp3) is 0.560. The number of aliphatic hydroxyl groups is 1. The van der Waals surface area contributed by atoms with Gasteiger partial charge in [-0.25, -0.2) is 9.59 Å². The highest BCUT2D eigenvalue weighted by Gasteiger charge is 2.61. The summed E-state index contributed by atoms with van der Waals surface area (Å²) in [5.74, 6) is -0.307. The molecule has 1 aliphatic heterocycles. The summed E-state index contributed by atoms with van der Waals surface area (Å²) in [5, 5.41) is 16.9. The molecule has 0 aromatic heterocycles. The molecule has 0 radical (unpaired) electrons. The topological polar surface area (TPSA) is 114 Å². The van der Waals surface area contributed by atoms with E-state index in [4.69, 9.17) is 21.1 Å². The first kappa shape index (κ1) is 23.2. The molecule has 5 aliphatic rings. The highest BCUT2D eigenvalue weighted by molar-refractivity contribution is 6.30. The number of hydrogen-bond acceptors (Lipinski definition) is 6. The molecular formula is C25H29ClN2O6. The van der Waals surface area contributed by atoms with Crippen molar-refractivity contribution in [1.82, 2.24) is 10.6 Å². The van der Waals surface area contributed by atoms with E-state index in [0.717, 1.165) is 32.1 Å². The third-order valence-electron chi connectivity index (χ3n) is 7.66. The Hall–Kier alpha value is -2.58. The maximum absolute atomic E-state index is 13.3. The number of hydrogen-bond donors (Lipinski definition) is 3. The molecule has 4 aliphatic carbocycles. The lowest BCUT2D eigenvalue weighted by atomic mass is 9.48. The van der Waals surface area contributed by atoms with Crippen LogP contribution in [0.25, 0.3) is 0 Å². The van der Waals surface area contributed by atoms with Crippen LogP contribution in [0.15, 0.2) is 35.5 Å². The summed E-state index contributed by atoms with van der Waals surface area (Å²) in [6, 6.07) is 5.49. The first-order valence-electron chi connectivity index (χ1n) is 11.8. The Balaban J connectivity index is 1.41. The van der Waals surface area contributed by atoms with Crippen molar-refractivity contribution in [2.75, 3.05) is 13.2 Å². The number of ether oxygens (including phenoxy) is 2. The van der Waals surface area contributed by atoms with Crippen LogP contribution >= 0.6 is 11.6 Å². The second kappa shape index (κ2) is 8.57. The second-order valence-corrected chi connectivity index (χ2v) is 10.7. The van der Waals surface area contributed by atoms with Gasteiger partial charge in [0, 0.05) is 5.02 Å². The van der Waals surface area contributed by atoms with Crippen molar-refractivity contribution < 1.29 is 29.0 Å². The first-order chi connectivity index (χ1) is 16.2. The summed E-state index contributed by atoms with van der Waals surface area (Å²) in [7, 11) is 0. The van der Waals surface area contributed by atoms with Crippen molar-refractivity contribution in [3.8, 4) is 0 Å². The average Bonchev–Trinajstić information content (AvgIpc) is 2.76. The van der Waals surface area contributed by atoms with Crippen LogP contribution < -0.4 is 10.6 Å². The van der Waals surface area contributed by atoms with Crippen LogP contribution in [-0.2, 0) is 19.1 Å². The van der Waals surface area contributed by atoms with Crippen LogP contribution in [0.3, 0.4) is 0 Å². The van der Waals surface area contributed by atoms with Gasteiger partial charge in [0.2, 0.25) is 0 Å². The number of benzene rings is 1. The summed E-state index contributed by atoms with van der Waals surface area (Å²) in [5.41, 5.74) is -0.467. The van der Waals surface area contributed by atoms with Crippen molar-refractivity contribution in [2.45, 2.75) is 57.1 Å². The summed E-state index contributed by atoms with van der Waals surface area (Å²) in [6.07, 6.45) is 4.41. The zero-order valence-corrected chi connectivity index (χ0v) is 19.8. The van der Waals surface area contributed by atoms with Gasteiger partial charge in [0.15, 0.2) is 0 Å². The molecule has 1 aromatic carbocycles. The number of urea groups is 1.